The van der Waals surface area contributed by atoms with E-state index in [1.54, 1.807) is 0 Å². The number of halogens is 1. The van der Waals surface area contributed by atoms with E-state index in [0.717, 1.165) is 5.92 Å². The van der Waals surface area contributed by atoms with Crippen molar-refractivity contribution in [3.63, 3.8) is 0 Å². The van der Waals surface area contributed by atoms with Crippen LogP contribution >= 0.6 is 15.9 Å². The van der Waals surface area contributed by atoms with Gasteiger partial charge < -0.3 is 5.32 Å². The molecule has 1 saturated carbocycles. The van der Waals surface area contributed by atoms with E-state index < -0.39 is 0 Å². The van der Waals surface area contributed by atoms with Gasteiger partial charge in [-0.05, 0) is 54.2 Å². The molecule has 2 heteroatoms. The van der Waals surface area contributed by atoms with E-state index in [2.05, 4.69) is 53.3 Å². The predicted molar refractivity (Wildman–Crippen MR) is 79.7 cm³/mol. The molecule has 1 nitrogen and oxygen atoms in total. The maximum absolute atomic E-state index is 3.83. The van der Waals surface area contributed by atoms with Gasteiger partial charge in [-0.3, -0.25) is 0 Å². The monoisotopic (exact) mass is 307 g/mol. The molecule has 0 spiro atoms. The van der Waals surface area contributed by atoms with Gasteiger partial charge in [0.15, 0.2) is 0 Å². The Bertz CT molecular complexity index is 448. The summed E-state index contributed by atoms with van der Waals surface area (Å²) in [4.78, 5) is 0. The van der Waals surface area contributed by atoms with Crippen LogP contribution in [0.15, 0.2) is 22.7 Å². The van der Waals surface area contributed by atoms with E-state index in [1.165, 1.54) is 47.8 Å². The predicted octanol–water partition coefficient (Wildman–Crippen LogP) is 4.46. The van der Waals surface area contributed by atoms with Crippen LogP contribution in [0.4, 0.5) is 0 Å². The molecule has 0 heterocycles. The third-order valence-electron chi connectivity index (χ3n) is 5.03. The normalized spacial score (nSPS) is 24.3. The maximum Gasteiger partial charge on any atom is 0.0326 e. The van der Waals surface area contributed by atoms with Crippen molar-refractivity contribution in [3.05, 3.63) is 33.8 Å². The van der Waals surface area contributed by atoms with Gasteiger partial charge in [-0.2, -0.15) is 0 Å². The van der Waals surface area contributed by atoms with Crippen molar-refractivity contribution < 1.29 is 0 Å². The number of hydrogen-bond donors (Lipinski definition) is 1. The van der Waals surface area contributed by atoms with Gasteiger partial charge in [0, 0.05) is 17.1 Å². The Hall–Kier alpha value is -0.340. The number of benzene rings is 1. The van der Waals surface area contributed by atoms with Gasteiger partial charge in [0.1, 0.15) is 0 Å². The lowest BCUT2D eigenvalue weighted by Gasteiger charge is -2.23. The highest BCUT2D eigenvalue weighted by Gasteiger charge is 2.45. The maximum atomic E-state index is 3.83. The van der Waals surface area contributed by atoms with Crippen molar-refractivity contribution in [2.24, 2.45) is 11.3 Å². The summed E-state index contributed by atoms with van der Waals surface area (Å²) in [5.74, 6) is 0.813. The van der Waals surface area contributed by atoms with Crippen LogP contribution in [0.5, 0.6) is 0 Å². The summed E-state index contributed by atoms with van der Waals surface area (Å²) in [5, 5.41) is 3.83. The Kier molecular flexibility index (Phi) is 3.27. The number of nitrogens with one attached hydrogen (secondary N) is 1. The largest absolute Gasteiger partial charge is 0.309 e. The molecule has 1 aromatic carbocycles. The lowest BCUT2D eigenvalue weighted by atomic mass is 9.92. The SMILES string of the molecule is CC(C)C1(CNC2CCc3c(Br)cccc32)CC1. The number of fused-ring (bicyclic) bond motifs is 1. The van der Waals surface area contributed by atoms with E-state index in [-0.39, 0.29) is 0 Å². The summed E-state index contributed by atoms with van der Waals surface area (Å²) in [6, 6.07) is 7.20. The van der Waals surface area contributed by atoms with Crippen LogP contribution in [0.1, 0.15) is 50.3 Å². The van der Waals surface area contributed by atoms with E-state index in [0.29, 0.717) is 11.5 Å². The van der Waals surface area contributed by atoms with Crippen molar-refractivity contribution in [3.8, 4) is 0 Å². The Morgan fingerprint density at radius 3 is 2.83 bits per heavy atom. The number of hydrogen-bond acceptors (Lipinski definition) is 1. The first kappa shape index (κ1) is 12.7. The van der Waals surface area contributed by atoms with Gasteiger partial charge in [0.05, 0.1) is 0 Å². The third kappa shape index (κ3) is 2.14. The van der Waals surface area contributed by atoms with Gasteiger partial charge in [-0.25, -0.2) is 0 Å². The molecule has 1 N–H and O–H groups in total. The first-order valence-electron chi connectivity index (χ1n) is 7.13. The van der Waals surface area contributed by atoms with E-state index >= 15 is 0 Å². The van der Waals surface area contributed by atoms with Gasteiger partial charge >= 0.3 is 0 Å². The molecular weight excluding hydrogens is 286 g/mol. The van der Waals surface area contributed by atoms with Crippen molar-refractivity contribution in [2.45, 2.75) is 45.6 Å². The minimum atomic E-state index is 0.578. The molecule has 2 aliphatic carbocycles. The van der Waals surface area contributed by atoms with Crippen LogP contribution in [-0.4, -0.2) is 6.54 Å². The summed E-state index contributed by atoms with van der Waals surface area (Å²) in [6.07, 6.45) is 5.29. The molecule has 0 aliphatic heterocycles. The fourth-order valence-electron chi connectivity index (χ4n) is 3.27. The molecule has 1 unspecified atom stereocenters. The molecule has 0 saturated heterocycles. The Labute approximate surface area is 118 Å². The minimum Gasteiger partial charge on any atom is -0.309 e. The molecule has 1 fully saturated rings. The Morgan fingerprint density at radius 1 is 1.39 bits per heavy atom. The molecule has 98 valence electrons. The van der Waals surface area contributed by atoms with Gasteiger partial charge in [0.25, 0.3) is 0 Å². The zero-order valence-corrected chi connectivity index (χ0v) is 12.9. The second-order valence-electron chi connectivity index (χ2n) is 6.30. The second kappa shape index (κ2) is 4.64. The fraction of sp³-hybridized carbons (Fsp3) is 0.625. The van der Waals surface area contributed by atoms with Gasteiger partial charge in [0.2, 0.25) is 0 Å². The van der Waals surface area contributed by atoms with Gasteiger partial charge in [-0.1, -0.05) is 41.9 Å². The third-order valence-corrected chi connectivity index (χ3v) is 5.77. The Morgan fingerprint density at radius 2 is 2.17 bits per heavy atom. The summed E-state index contributed by atoms with van der Waals surface area (Å²) < 4.78 is 1.29. The van der Waals surface area contributed by atoms with Crippen molar-refractivity contribution in [1.29, 1.82) is 0 Å². The zero-order chi connectivity index (χ0) is 12.8. The molecule has 1 atom stereocenters. The summed E-state index contributed by atoms with van der Waals surface area (Å²) in [5.41, 5.74) is 3.64. The second-order valence-corrected chi connectivity index (χ2v) is 7.15. The van der Waals surface area contributed by atoms with Crippen molar-refractivity contribution >= 4 is 15.9 Å². The van der Waals surface area contributed by atoms with Crippen LogP contribution in [0.2, 0.25) is 0 Å². The zero-order valence-electron chi connectivity index (χ0n) is 11.3. The summed E-state index contributed by atoms with van der Waals surface area (Å²) in [6.45, 7) is 5.93. The molecule has 18 heavy (non-hydrogen) atoms. The lowest BCUT2D eigenvalue weighted by Crippen LogP contribution is -2.30. The molecule has 0 aromatic heterocycles. The summed E-state index contributed by atoms with van der Waals surface area (Å²) in [7, 11) is 0. The molecule has 0 amide bonds. The van der Waals surface area contributed by atoms with E-state index in [1.807, 2.05) is 0 Å². The highest BCUT2D eigenvalue weighted by atomic mass is 79.9. The van der Waals surface area contributed by atoms with E-state index in [4.69, 9.17) is 0 Å². The van der Waals surface area contributed by atoms with Crippen LogP contribution in [0, 0.1) is 11.3 Å². The van der Waals surface area contributed by atoms with Crippen LogP contribution in [0.25, 0.3) is 0 Å². The van der Waals surface area contributed by atoms with Crippen molar-refractivity contribution in [2.75, 3.05) is 6.54 Å². The van der Waals surface area contributed by atoms with Crippen LogP contribution < -0.4 is 5.32 Å². The highest BCUT2D eigenvalue weighted by Crippen LogP contribution is 2.51. The molecule has 1 aromatic rings. The van der Waals surface area contributed by atoms with Crippen LogP contribution in [0.3, 0.4) is 0 Å². The summed E-state index contributed by atoms with van der Waals surface area (Å²) >= 11 is 3.67. The van der Waals surface area contributed by atoms with E-state index in [9.17, 15) is 0 Å². The number of rotatable bonds is 4. The smallest absolute Gasteiger partial charge is 0.0326 e. The first-order valence-corrected chi connectivity index (χ1v) is 7.92. The average Bonchev–Trinajstić information content (AvgIpc) is 3.03. The molecule has 0 radical (unpaired) electrons. The van der Waals surface area contributed by atoms with Crippen LogP contribution in [-0.2, 0) is 6.42 Å². The molecule has 3 rings (SSSR count). The lowest BCUT2D eigenvalue weighted by molar-refractivity contribution is 0.320. The standard InChI is InChI=1S/C16H22BrN/c1-11(2)16(8-9-16)10-18-15-7-6-12-13(15)4-3-5-14(12)17/h3-5,11,15,18H,6-10H2,1-2H3. The molecule has 0 bridgehead atoms. The van der Waals surface area contributed by atoms with Crippen molar-refractivity contribution in [1.82, 2.24) is 5.32 Å². The highest BCUT2D eigenvalue weighted by molar-refractivity contribution is 9.10. The quantitative estimate of drug-likeness (QED) is 0.866. The topological polar surface area (TPSA) is 12.0 Å². The fourth-order valence-corrected chi connectivity index (χ4v) is 3.85. The molecule has 2 aliphatic rings. The first-order chi connectivity index (χ1) is 8.62. The van der Waals surface area contributed by atoms with Gasteiger partial charge in [-0.15, -0.1) is 0 Å². The average molecular weight is 308 g/mol. The minimum absolute atomic E-state index is 0.578. The molecular formula is C16H22BrN. The Balaban J connectivity index is 1.69.